The van der Waals surface area contributed by atoms with Gasteiger partial charge in [-0.1, -0.05) is 18.2 Å². The number of fused-ring (bicyclic) bond motifs is 1. The number of hydrogen-bond donors (Lipinski definition) is 1. The van der Waals surface area contributed by atoms with Crippen molar-refractivity contribution >= 4 is 21.4 Å². The predicted octanol–water partition coefficient (Wildman–Crippen LogP) is 3.52. The molecule has 0 saturated carbocycles. The van der Waals surface area contributed by atoms with Crippen LogP contribution in [0.5, 0.6) is 0 Å². The van der Waals surface area contributed by atoms with Gasteiger partial charge in [0.25, 0.3) is 0 Å². The lowest BCUT2D eigenvalue weighted by Gasteiger charge is -2.22. The van der Waals surface area contributed by atoms with Crippen LogP contribution in [-0.2, 0) is 12.0 Å². The number of nitrogens with zero attached hydrogens (tertiary/aromatic N) is 3. The van der Waals surface area contributed by atoms with E-state index in [0.717, 1.165) is 10.7 Å². The summed E-state index contributed by atoms with van der Waals surface area (Å²) in [7, 11) is 0. The van der Waals surface area contributed by atoms with Crippen molar-refractivity contribution in [2.24, 2.45) is 0 Å². The standard InChI is InChI=1S/C16H19N3OS/c1-11(2)19-15(17-10-18-19)9-16(3,20)14-8-12-6-4-5-7-13(12)21-14/h4-8,10-11,20H,9H2,1-3H3. The summed E-state index contributed by atoms with van der Waals surface area (Å²) < 4.78 is 3.06. The lowest BCUT2D eigenvalue weighted by molar-refractivity contribution is 0.0578. The first-order chi connectivity index (χ1) is 9.97. The topological polar surface area (TPSA) is 50.9 Å². The molecule has 3 aromatic rings. The lowest BCUT2D eigenvalue weighted by Crippen LogP contribution is -2.25. The predicted molar refractivity (Wildman–Crippen MR) is 85.5 cm³/mol. The molecule has 1 N–H and O–H groups in total. The van der Waals surface area contributed by atoms with Crippen molar-refractivity contribution in [1.82, 2.24) is 14.8 Å². The summed E-state index contributed by atoms with van der Waals surface area (Å²) >= 11 is 1.63. The molecule has 2 heterocycles. The second kappa shape index (κ2) is 5.24. The van der Waals surface area contributed by atoms with Crippen LogP contribution in [0.1, 0.15) is 37.5 Å². The van der Waals surface area contributed by atoms with Crippen LogP contribution in [0, 0.1) is 0 Å². The minimum absolute atomic E-state index is 0.237. The summed E-state index contributed by atoms with van der Waals surface area (Å²) in [5.41, 5.74) is -0.941. The Bertz CT molecular complexity index is 725. The molecular formula is C16H19N3OS. The van der Waals surface area contributed by atoms with Crippen LogP contribution in [0.25, 0.3) is 10.1 Å². The minimum atomic E-state index is -0.941. The van der Waals surface area contributed by atoms with Gasteiger partial charge in [-0.25, -0.2) is 9.67 Å². The third-order valence-electron chi connectivity index (χ3n) is 3.60. The summed E-state index contributed by atoms with van der Waals surface area (Å²) in [5.74, 6) is 0.812. The molecule has 5 heteroatoms. The van der Waals surface area contributed by atoms with Crippen molar-refractivity contribution in [3.63, 3.8) is 0 Å². The van der Waals surface area contributed by atoms with Crippen molar-refractivity contribution in [3.8, 4) is 0 Å². The van der Waals surface area contributed by atoms with Crippen molar-refractivity contribution < 1.29 is 5.11 Å². The zero-order valence-corrected chi connectivity index (χ0v) is 13.3. The quantitative estimate of drug-likeness (QED) is 0.802. The highest BCUT2D eigenvalue weighted by Crippen LogP contribution is 2.35. The molecule has 0 radical (unpaired) electrons. The van der Waals surface area contributed by atoms with Crippen LogP contribution in [0.3, 0.4) is 0 Å². The van der Waals surface area contributed by atoms with E-state index in [1.807, 2.05) is 23.7 Å². The Balaban J connectivity index is 1.94. The van der Waals surface area contributed by atoms with E-state index >= 15 is 0 Å². The minimum Gasteiger partial charge on any atom is -0.384 e. The maximum atomic E-state index is 10.9. The van der Waals surface area contributed by atoms with Gasteiger partial charge in [-0.15, -0.1) is 11.3 Å². The third-order valence-corrected chi connectivity index (χ3v) is 4.96. The molecule has 4 nitrogen and oxygen atoms in total. The average molecular weight is 301 g/mol. The molecule has 0 aliphatic rings. The van der Waals surface area contributed by atoms with Gasteiger partial charge in [0, 0.05) is 22.0 Å². The molecular weight excluding hydrogens is 282 g/mol. The zero-order valence-electron chi connectivity index (χ0n) is 12.4. The first-order valence-corrected chi connectivity index (χ1v) is 7.89. The molecule has 0 aliphatic carbocycles. The van der Waals surface area contributed by atoms with Gasteiger partial charge in [0.2, 0.25) is 0 Å². The van der Waals surface area contributed by atoms with Gasteiger partial charge in [-0.3, -0.25) is 0 Å². The van der Waals surface area contributed by atoms with E-state index in [1.165, 1.54) is 10.1 Å². The molecule has 21 heavy (non-hydrogen) atoms. The highest BCUT2D eigenvalue weighted by atomic mass is 32.1. The molecule has 0 spiro atoms. The van der Waals surface area contributed by atoms with Crippen LogP contribution in [0.15, 0.2) is 36.7 Å². The van der Waals surface area contributed by atoms with E-state index in [4.69, 9.17) is 0 Å². The Labute approximate surface area is 128 Å². The SMILES string of the molecule is CC(C)n1ncnc1CC(C)(O)c1cc2ccccc2s1. The fourth-order valence-corrected chi connectivity index (χ4v) is 3.58. The van der Waals surface area contributed by atoms with E-state index in [0.29, 0.717) is 6.42 Å². The van der Waals surface area contributed by atoms with Gasteiger partial charge in [0.1, 0.15) is 17.8 Å². The number of aliphatic hydroxyl groups is 1. The summed E-state index contributed by atoms with van der Waals surface area (Å²) in [6.07, 6.45) is 2.01. The van der Waals surface area contributed by atoms with Crippen molar-refractivity contribution in [2.45, 2.75) is 38.8 Å². The molecule has 110 valence electrons. The smallest absolute Gasteiger partial charge is 0.138 e. The Kier molecular flexibility index (Phi) is 3.55. The second-order valence-corrected chi connectivity index (χ2v) is 6.90. The Morgan fingerprint density at radius 3 is 2.81 bits per heavy atom. The van der Waals surface area contributed by atoms with Crippen LogP contribution >= 0.6 is 11.3 Å². The fourth-order valence-electron chi connectivity index (χ4n) is 2.47. The number of aromatic nitrogens is 3. The second-order valence-electron chi connectivity index (χ2n) is 5.81. The summed E-state index contributed by atoms with van der Waals surface area (Å²) in [6.45, 7) is 5.97. The molecule has 0 fully saturated rings. The Hall–Kier alpha value is -1.72. The zero-order chi connectivity index (χ0) is 15.0. The lowest BCUT2D eigenvalue weighted by atomic mass is 9.99. The van der Waals surface area contributed by atoms with Crippen molar-refractivity contribution in [1.29, 1.82) is 0 Å². The fraction of sp³-hybridized carbons (Fsp3) is 0.375. The van der Waals surface area contributed by atoms with E-state index in [-0.39, 0.29) is 6.04 Å². The van der Waals surface area contributed by atoms with Gasteiger partial charge < -0.3 is 5.11 Å². The first-order valence-electron chi connectivity index (χ1n) is 7.07. The molecule has 1 unspecified atom stereocenters. The highest BCUT2D eigenvalue weighted by molar-refractivity contribution is 7.19. The maximum absolute atomic E-state index is 10.9. The molecule has 1 aromatic carbocycles. The van der Waals surface area contributed by atoms with Gasteiger partial charge in [-0.05, 0) is 38.3 Å². The maximum Gasteiger partial charge on any atom is 0.138 e. The first kappa shape index (κ1) is 14.2. The molecule has 0 aliphatic heterocycles. The molecule has 1 atom stereocenters. The molecule has 0 saturated heterocycles. The summed E-state index contributed by atoms with van der Waals surface area (Å²) in [4.78, 5) is 5.26. The molecule has 2 aromatic heterocycles. The van der Waals surface area contributed by atoms with Gasteiger partial charge in [0.15, 0.2) is 0 Å². The number of benzene rings is 1. The molecule has 3 rings (SSSR count). The number of rotatable bonds is 4. The Morgan fingerprint density at radius 1 is 1.33 bits per heavy atom. The number of hydrogen-bond acceptors (Lipinski definition) is 4. The molecule has 0 amide bonds. The van der Waals surface area contributed by atoms with Gasteiger partial charge in [-0.2, -0.15) is 5.10 Å². The van der Waals surface area contributed by atoms with E-state index < -0.39 is 5.60 Å². The van der Waals surface area contributed by atoms with Gasteiger partial charge in [0.05, 0.1) is 0 Å². The monoisotopic (exact) mass is 301 g/mol. The molecule has 0 bridgehead atoms. The normalized spacial score (nSPS) is 14.7. The third kappa shape index (κ3) is 2.71. The Morgan fingerprint density at radius 2 is 2.10 bits per heavy atom. The van der Waals surface area contributed by atoms with Crippen molar-refractivity contribution in [3.05, 3.63) is 47.4 Å². The van der Waals surface area contributed by atoms with Crippen LogP contribution in [0.2, 0.25) is 0 Å². The largest absolute Gasteiger partial charge is 0.384 e. The average Bonchev–Trinajstić information content (AvgIpc) is 3.04. The van der Waals surface area contributed by atoms with Crippen LogP contribution in [0.4, 0.5) is 0 Å². The number of thiophene rings is 1. The van der Waals surface area contributed by atoms with Crippen molar-refractivity contribution in [2.75, 3.05) is 0 Å². The summed E-state index contributed by atoms with van der Waals surface area (Å²) in [6, 6.07) is 10.5. The van der Waals surface area contributed by atoms with Crippen LogP contribution < -0.4 is 0 Å². The van der Waals surface area contributed by atoms with E-state index in [9.17, 15) is 5.11 Å². The van der Waals surface area contributed by atoms with E-state index in [2.05, 4.69) is 42.1 Å². The van der Waals surface area contributed by atoms with Gasteiger partial charge >= 0.3 is 0 Å². The highest BCUT2D eigenvalue weighted by Gasteiger charge is 2.28. The van der Waals surface area contributed by atoms with E-state index in [1.54, 1.807) is 17.7 Å². The summed E-state index contributed by atoms with van der Waals surface area (Å²) in [5, 5.41) is 16.3. The van der Waals surface area contributed by atoms with Crippen LogP contribution in [-0.4, -0.2) is 19.9 Å².